The lowest BCUT2D eigenvalue weighted by Gasteiger charge is -2.07. The van der Waals surface area contributed by atoms with E-state index in [2.05, 4.69) is 0 Å². The smallest absolute Gasteiger partial charge is 0.165 e. The normalized spacial score (nSPS) is 9.69. The van der Waals surface area contributed by atoms with Crippen LogP contribution in [0.25, 0.3) is 0 Å². The number of nitrogens with two attached hydrogens (primary N) is 1. The van der Waals surface area contributed by atoms with Gasteiger partial charge in [0.1, 0.15) is 0 Å². The molecular weight excluding hydrogens is 171 g/mol. The lowest BCUT2D eigenvalue weighted by atomic mass is 10.2. The average Bonchev–Trinajstić information content (AvgIpc) is 2.11. The third kappa shape index (κ3) is 1.96. The van der Waals surface area contributed by atoms with Gasteiger partial charge in [-0.25, -0.2) is 4.39 Å². The van der Waals surface area contributed by atoms with Crippen molar-refractivity contribution in [1.82, 2.24) is 0 Å². The van der Waals surface area contributed by atoms with Crippen molar-refractivity contribution in [1.29, 1.82) is 5.41 Å². The fourth-order valence-corrected chi connectivity index (χ4v) is 0.976. The zero-order chi connectivity index (χ0) is 9.84. The van der Waals surface area contributed by atoms with Crippen LogP contribution >= 0.6 is 0 Å². The number of halogens is 1. The Morgan fingerprint density at radius 1 is 1.62 bits per heavy atom. The Labute approximate surface area is 75.8 Å². The first-order chi connectivity index (χ1) is 6.19. The molecule has 0 amide bonds. The van der Waals surface area contributed by atoms with Crippen molar-refractivity contribution in [3.8, 4) is 5.75 Å². The predicted molar refractivity (Wildman–Crippen MR) is 49.9 cm³/mol. The molecule has 0 aromatic heterocycles. The molecule has 13 heavy (non-hydrogen) atoms. The van der Waals surface area contributed by atoms with E-state index in [0.717, 1.165) is 6.21 Å². The second kappa shape index (κ2) is 3.89. The summed E-state index contributed by atoms with van der Waals surface area (Å²) in [5, 5.41) is 6.94. The molecule has 0 unspecified atom stereocenters. The molecule has 0 spiro atoms. The number of rotatable bonds is 3. The molecule has 1 aromatic rings. The highest BCUT2D eigenvalue weighted by Crippen LogP contribution is 2.23. The molecule has 0 bridgehead atoms. The summed E-state index contributed by atoms with van der Waals surface area (Å²) in [7, 11) is 0. The molecule has 70 valence electrons. The van der Waals surface area contributed by atoms with Crippen LogP contribution in [-0.4, -0.2) is 12.8 Å². The van der Waals surface area contributed by atoms with Crippen LogP contribution in [0.2, 0.25) is 0 Å². The maximum Gasteiger partial charge on any atom is 0.165 e. The Morgan fingerprint density at radius 2 is 2.31 bits per heavy atom. The molecule has 0 aliphatic rings. The lowest BCUT2D eigenvalue weighted by Crippen LogP contribution is -1.99. The van der Waals surface area contributed by atoms with Crippen molar-refractivity contribution in [2.24, 2.45) is 0 Å². The predicted octanol–water partition coefficient (Wildman–Crippen LogP) is 1.80. The van der Waals surface area contributed by atoms with E-state index in [4.69, 9.17) is 15.9 Å². The van der Waals surface area contributed by atoms with E-state index in [-0.39, 0.29) is 5.75 Å². The fourth-order valence-electron chi connectivity index (χ4n) is 0.976. The van der Waals surface area contributed by atoms with Crippen LogP contribution in [0.3, 0.4) is 0 Å². The Bertz CT molecular complexity index is 326. The third-order valence-corrected chi connectivity index (χ3v) is 1.59. The maximum absolute atomic E-state index is 13.1. The van der Waals surface area contributed by atoms with Gasteiger partial charge in [-0.3, -0.25) is 0 Å². The molecule has 3 N–H and O–H groups in total. The minimum absolute atomic E-state index is 0.130. The highest BCUT2D eigenvalue weighted by atomic mass is 19.1. The monoisotopic (exact) mass is 182 g/mol. The van der Waals surface area contributed by atoms with Crippen LogP contribution < -0.4 is 10.5 Å². The standard InChI is InChI=1S/C9H11FN2O/c1-2-13-9-4-8(12)6(5-11)3-7(9)10/h3-5,11H,2,12H2,1H3. The maximum atomic E-state index is 13.1. The number of nitrogen functional groups attached to an aromatic ring is 1. The van der Waals surface area contributed by atoms with E-state index in [1.54, 1.807) is 6.92 Å². The molecule has 0 aliphatic carbocycles. The Hall–Kier alpha value is -1.58. The van der Waals surface area contributed by atoms with Crippen molar-refractivity contribution in [3.63, 3.8) is 0 Å². The molecule has 0 heterocycles. The molecule has 1 aromatic carbocycles. The topological polar surface area (TPSA) is 59.1 Å². The SMILES string of the molecule is CCOc1cc(N)c(C=N)cc1F. The molecule has 3 nitrogen and oxygen atoms in total. The van der Waals surface area contributed by atoms with Gasteiger partial charge in [-0.1, -0.05) is 0 Å². The van der Waals surface area contributed by atoms with Crippen LogP contribution in [0.1, 0.15) is 12.5 Å². The molecule has 0 atom stereocenters. The van der Waals surface area contributed by atoms with Gasteiger partial charge in [0.05, 0.1) is 6.61 Å². The molecule has 0 fully saturated rings. The third-order valence-electron chi connectivity index (χ3n) is 1.59. The van der Waals surface area contributed by atoms with Gasteiger partial charge in [0.15, 0.2) is 11.6 Å². The van der Waals surface area contributed by atoms with Gasteiger partial charge in [-0.2, -0.15) is 0 Å². The number of hydrogen-bond donors (Lipinski definition) is 2. The summed E-state index contributed by atoms with van der Waals surface area (Å²) < 4.78 is 18.1. The summed E-state index contributed by atoms with van der Waals surface area (Å²) in [6.07, 6.45) is 1.01. The first-order valence-electron chi connectivity index (χ1n) is 3.91. The Kier molecular flexibility index (Phi) is 2.84. The van der Waals surface area contributed by atoms with Crippen LogP contribution in [0, 0.1) is 11.2 Å². The minimum atomic E-state index is -0.491. The molecule has 0 saturated heterocycles. The van der Waals surface area contributed by atoms with Crippen molar-refractivity contribution in [2.75, 3.05) is 12.3 Å². The fraction of sp³-hybridized carbons (Fsp3) is 0.222. The van der Waals surface area contributed by atoms with E-state index in [9.17, 15) is 4.39 Å². The zero-order valence-electron chi connectivity index (χ0n) is 7.30. The molecular formula is C9H11FN2O. The zero-order valence-corrected chi connectivity index (χ0v) is 7.30. The van der Waals surface area contributed by atoms with Crippen molar-refractivity contribution in [2.45, 2.75) is 6.92 Å². The van der Waals surface area contributed by atoms with Crippen LogP contribution in [-0.2, 0) is 0 Å². The van der Waals surface area contributed by atoms with Gasteiger partial charge in [-0.05, 0) is 13.0 Å². The summed E-state index contributed by atoms with van der Waals surface area (Å²) >= 11 is 0. The van der Waals surface area contributed by atoms with Gasteiger partial charge in [0.25, 0.3) is 0 Å². The van der Waals surface area contributed by atoms with E-state index in [1.807, 2.05) is 0 Å². The van der Waals surface area contributed by atoms with E-state index >= 15 is 0 Å². The summed E-state index contributed by atoms with van der Waals surface area (Å²) in [5.41, 5.74) is 6.24. The number of nitrogens with one attached hydrogen (secondary N) is 1. The van der Waals surface area contributed by atoms with Crippen molar-refractivity contribution < 1.29 is 9.13 Å². The van der Waals surface area contributed by atoms with Crippen molar-refractivity contribution in [3.05, 3.63) is 23.5 Å². The molecule has 1 rings (SSSR count). The molecule has 0 radical (unpaired) electrons. The van der Waals surface area contributed by atoms with Gasteiger partial charge in [0.2, 0.25) is 0 Å². The van der Waals surface area contributed by atoms with Crippen LogP contribution in [0.4, 0.5) is 10.1 Å². The summed E-state index contributed by atoms with van der Waals surface area (Å²) in [5.74, 6) is -0.361. The van der Waals surface area contributed by atoms with E-state index in [0.29, 0.717) is 17.9 Å². The largest absolute Gasteiger partial charge is 0.491 e. The molecule has 0 saturated carbocycles. The minimum Gasteiger partial charge on any atom is -0.491 e. The lowest BCUT2D eigenvalue weighted by molar-refractivity contribution is 0.322. The Balaban J connectivity index is 3.12. The quantitative estimate of drug-likeness (QED) is 0.553. The van der Waals surface area contributed by atoms with Crippen LogP contribution in [0.5, 0.6) is 5.75 Å². The first-order valence-corrected chi connectivity index (χ1v) is 3.91. The first kappa shape index (κ1) is 9.51. The van der Waals surface area contributed by atoms with Crippen molar-refractivity contribution >= 4 is 11.9 Å². The van der Waals surface area contributed by atoms with E-state index in [1.165, 1.54) is 12.1 Å². The highest BCUT2D eigenvalue weighted by Gasteiger charge is 2.06. The summed E-state index contributed by atoms with van der Waals surface area (Å²) in [6.45, 7) is 2.15. The second-order valence-electron chi connectivity index (χ2n) is 2.49. The van der Waals surface area contributed by atoms with Crippen LogP contribution in [0.15, 0.2) is 12.1 Å². The molecule has 4 heteroatoms. The molecule has 0 aliphatic heterocycles. The Morgan fingerprint density at radius 3 is 2.85 bits per heavy atom. The van der Waals surface area contributed by atoms with Gasteiger partial charge >= 0.3 is 0 Å². The number of ether oxygens (including phenoxy) is 1. The van der Waals surface area contributed by atoms with Gasteiger partial charge in [-0.15, -0.1) is 0 Å². The summed E-state index contributed by atoms with van der Waals surface area (Å²) in [4.78, 5) is 0. The van der Waals surface area contributed by atoms with Gasteiger partial charge in [0, 0.05) is 23.5 Å². The highest BCUT2D eigenvalue weighted by molar-refractivity contribution is 5.85. The summed E-state index contributed by atoms with van der Waals surface area (Å²) in [6, 6.07) is 2.58. The number of anilines is 1. The van der Waals surface area contributed by atoms with Gasteiger partial charge < -0.3 is 15.9 Å². The number of hydrogen-bond acceptors (Lipinski definition) is 3. The van der Waals surface area contributed by atoms with E-state index < -0.39 is 5.82 Å². The number of benzene rings is 1. The average molecular weight is 182 g/mol. The second-order valence-corrected chi connectivity index (χ2v) is 2.49.